The van der Waals surface area contributed by atoms with Gasteiger partial charge < -0.3 is 33.2 Å². The van der Waals surface area contributed by atoms with Gasteiger partial charge in [0.25, 0.3) is 0 Å². The van der Waals surface area contributed by atoms with Crippen LogP contribution in [0, 0.1) is 0 Å². The molecule has 276 valence electrons. The normalized spacial score (nSPS) is 10.5. The molecule has 0 heterocycles. The van der Waals surface area contributed by atoms with Crippen molar-refractivity contribution in [1.29, 1.82) is 0 Å². The third-order valence-corrected chi connectivity index (χ3v) is 7.80. The summed E-state index contributed by atoms with van der Waals surface area (Å²) >= 11 is 0. The summed E-state index contributed by atoms with van der Waals surface area (Å²) in [4.78, 5) is 61.3. The van der Waals surface area contributed by atoms with Gasteiger partial charge in [0.1, 0.15) is 28.6 Å². The molecule has 0 spiro atoms. The lowest BCUT2D eigenvalue weighted by atomic mass is 10.1. The summed E-state index contributed by atoms with van der Waals surface area (Å²) in [6, 6.07) is 24.8. The van der Waals surface area contributed by atoms with Gasteiger partial charge in [-0.3, -0.25) is 0 Å². The summed E-state index contributed by atoms with van der Waals surface area (Å²) in [6.45, 7) is 7.80. The Bertz CT molecular complexity index is 2220. The maximum absolute atomic E-state index is 13.2. The van der Waals surface area contributed by atoms with Crippen LogP contribution in [0.5, 0.6) is 23.0 Å². The number of hydrogen-bond donors (Lipinski definition) is 0. The third-order valence-electron chi connectivity index (χ3n) is 7.80. The molecule has 0 amide bonds. The van der Waals surface area contributed by atoms with Gasteiger partial charge in [0.05, 0.1) is 44.7 Å². The average Bonchev–Trinajstić information content (AvgIpc) is 3.19. The Morgan fingerprint density at radius 2 is 0.981 bits per heavy atom. The van der Waals surface area contributed by atoms with Gasteiger partial charge >= 0.3 is 29.8 Å². The van der Waals surface area contributed by atoms with Crippen LogP contribution in [0.25, 0.3) is 21.5 Å². The molecule has 12 heteroatoms. The number of ether oxygens (including phenoxy) is 7. The summed E-state index contributed by atoms with van der Waals surface area (Å²) in [5, 5.41) is 3.14. The van der Waals surface area contributed by atoms with Crippen molar-refractivity contribution in [2.24, 2.45) is 0 Å². The number of carbonyl (C=O) groups excluding carboxylic acids is 5. The molecule has 0 unspecified atom stereocenters. The fraction of sp³-hybridized carbons (Fsp3) is 0.167. The molecule has 5 aromatic rings. The van der Waals surface area contributed by atoms with E-state index in [1.807, 2.05) is 12.1 Å². The molecule has 0 aliphatic heterocycles. The Morgan fingerprint density at radius 1 is 0.519 bits per heavy atom. The zero-order valence-electron chi connectivity index (χ0n) is 29.4. The highest BCUT2D eigenvalue weighted by molar-refractivity contribution is 6.00. The molecular weight excluding hydrogens is 696 g/mol. The minimum atomic E-state index is -0.804. The van der Waals surface area contributed by atoms with Crippen LogP contribution < -0.4 is 18.9 Å². The van der Waals surface area contributed by atoms with Gasteiger partial charge in [-0.15, -0.1) is 0 Å². The molecule has 54 heavy (non-hydrogen) atoms. The number of benzene rings is 5. The Hall–Kier alpha value is -6.95. The standard InChI is InChI=1S/C42H36O12/c1-4-38(43)51-20-6-18-49-33-14-12-27-22-31(10-8-29(27)24-33)40(45)53-35-16-17-37(36(26-35)42(47)48-3)54-41(46)32-11-9-30-25-34(15-13-28(30)23-32)50-19-7-21-52-39(44)5-2/h4-5,8-17,22-26H,1-2,6-7,18-21H2,3H3. The van der Waals surface area contributed by atoms with Crippen molar-refractivity contribution in [3.8, 4) is 23.0 Å². The molecule has 5 aromatic carbocycles. The van der Waals surface area contributed by atoms with Crippen molar-refractivity contribution < 1.29 is 57.1 Å². The number of rotatable bonds is 17. The average molecular weight is 733 g/mol. The molecule has 0 aliphatic rings. The highest BCUT2D eigenvalue weighted by Gasteiger charge is 2.20. The summed E-state index contributed by atoms with van der Waals surface area (Å²) < 4.78 is 37.4. The fourth-order valence-corrected chi connectivity index (χ4v) is 5.10. The first-order valence-corrected chi connectivity index (χ1v) is 16.8. The fourth-order valence-electron chi connectivity index (χ4n) is 5.10. The molecule has 0 aromatic heterocycles. The highest BCUT2D eigenvalue weighted by atomic mass is 16.6. The third kappa shape index (κ3) is 10.3. The lowest BCUT2D eigenvalue weighted by molar-refractivity contribution is -0.138. The van der Waals surface area contributed by atoms with E-state index in [0.29, 0.717) is 37.6 Å². The lowest BCUT2D eigenvalue weighted by Gasteiger charge is -2.12. The van der Waals surface area contributed by atoms with E-state index >= 15 is 0 Å². The van der Waals surface area contributed by atoms with Crippen LogP contribution in [-0.2, 0) is 23.8 Å². The van der Waals surface area contributed by atoms with E-state index in [4.69, 9.17) is 33.2 Å². The first kappa shape index (κ1) is 38.3. The van der Waals surface area contributed by atoms with Crippen molar-refractivity contribution in [2.45, 2.75) is 12.8 Å². The van der Waals surface area contributed by atoms with Crippen LogP contribution in [0.4, 0.5) is 0 Å². The molecule has 0 atom stereocenters. The monoisotopic (exact) mass is 732 g/mol. The van der Waals surface area contributed by atoms with Gasteiger partial charge in [-0.2, -0.15) is 0 Å². The highest BCUT2D eigenvalue weighted by Crippen LogP contribution is 2.29. The van der Waals surface area contributed by atoms with Gasteiger partial charge in [0.15, 0.2) is 0 Å². The zero-order chi connectivity index (χ0) is 38.5. The summed E-state index contributed by atoms with van der Waals surface area (Å²) in [5.41, 5.74) is 0.368. The Kier molecular flexibility index (Phi) is 13.1. The Morgan fingerprint density at radius 3 is 1.48 bits per heavy atom. The van der Waals surface area contributed by atoms with Gasteiger partial charge in [-0.05, 0) is 88.3 Å². The number of esters is 5. The number of carbonyl (C=O) groups is 5. The minimum absolute atomic E-state index is 0.0318. The number of hydrogen-bond acceptors (Lipinski definition) is 12. The topological polar surface area (TPSA) is 150 Å². The van der Waals surface area contributed by atoms with Crippen molar-refractivity contribution in [2.75, 3.05) is 33.5 Å². The second-order valence-electron chi connectivity index (χ2n) is 11.5. The van der Waals surface area contributed by atoms with E-state index < -0.39 is 29.8 Å². The zero-order valence-corrected chi connectivity index (χ0v) is 29.4. The second kappa shape index (κ2) is 18.5. The maximum atomic E-state index is 13.2. The van der Waals surface area contributed by atoms with Gasteiger partial charge in [-0.1, -0.05) is 37.4 Å². The smallest absolute Gasteiger partial charge is 0.343 e. The predicted molar refractivity (Wildman–Crippen MR) is 198 cm³/mol. The summed E-state index contributed by atoms with van der Waals surface area (Å²) in [6.07, 6.45) is 3.21. The van der Waals surface area contributed by atoms with Gasteiger partial charge in [0.2, 0.25) is 0 Å². The SMILES string of the molecule is C=CC(=O)OCCCOc1ccc2cc(C(=O)Oc3ccc(OC(=O)c4ccc5cc(OCCCOC(=O)C=C)ccc5c4)c(C(=O)OC)c3)ccc2c1. The quantitative estimate of drug-likeness (QED) is 0.0312. The number of fused-ring (bicyclic) bond motifs is 2. The molecule has 0 radical (unpaired) electrons. The molecule has 0 bridgehead atoms. The maximum Gasteiger partial charge on any atom is 0.343 e. The van der Waals surface area contributed by atoms with Crippen molar-refractivity contribution in [3.05, 3.63) is 133 Å². The molecule has 0 saturated heterocycles. The van der Waals surface area contributed by atoms with Crippen LogP contribution in [0.15, 0.2) is 116 Å². The summed E-state index contributed by atoms with van der Waals surface area (Å²) in [7, 11) is 1.18. The van der Waals surface area contributed by atoms with Crippen LogP contribution in [0.2, 0.25) is 0 Å². The molecule has 0 aliphatic carbocycles. The van der Waals surface area contributed by atoms with Crippen LogP contribution >= 0.6 is 0 Å². The Labute approximate surface area is 310 Å². The Balaban J connectivity index is 1.20. The van der Waals surface area contributed by atoms with Crippen molar-refractivity contribution in [1.82, 2.24) is 0 Å². The van der Waals surface area contributed by atoms with Crippen LogP contribution in [0.1, 0.15) is 43.9 Å². The largest absolute Gasteiger partial charge is 0.493 e. The van der Waals surface area contributed by atoms with E-state index in [9.17, 15) is 24.0 Å². The van der Waals surface area contributed by atoms with E-state index in [0.717, 1.165) is 33.7 Å². The lowest BCUT2D eigenvalue weighted by Crippen LogP contribution is -2.13. The molecule has 0 saturated carbocycles. The number of methoxy groups -OCH3 is 1. The molecule has 0 N–H and O–H groups in total. The molecule has 12 nitrogen and oxygen atoms in total. The van der Waals surface area contributed by atoms with Crippen LogP contribution in [-0.4, -0.2) is 63.4 Å². The van der Waals surface area contributed by atoms with Crippen molar-refractivity contribution in [3.63, 3.8) is 0 Å². The van der Waals surface area contributed by atoms with E-state index in [1.54, 1.807) is 60.7 Å². The second-order valence-corrected chi connectivity index (χ2v) is 11.5. The molecule has 0 fully saturated rings. The molecule has 5 rings (SSSR count). The van der Waals surface area contributed by atoms with E-state index in [-0.39, 0.29) is 41.4 Å². The first-order chi connectivity index (χ1) is 26.2. The summed E-state index contributed by atoms with van der Waals surface area (Å²) in [5.74, 6) is -2.01. The predicted octanol–water partition coefficient (Wildman–Crippen LogP) is 7.21. The van der Waals surface area contributed by atoms with Crippen LogP contribution in [0.3, 0.4) is 0 Å². The van der Waals surface area contributed by atoms with E-state index in [1.165, 1.54) is 25.3 Å². The van der Waals surface area contributed by atoms with Gasteiger partial charge in [0, 0.05) is 25.0 Å². The van der Waals surface area contributed by atoms with Gasteiger partial charge in [-0.25, -0.2) is 24.0 Å². The van der Waals surface area contributed by atoms with E-state index in [2.05, 4.69) is 13.2 Å². The molecular formula is C42H36O12. The van der Waals surface area contributed by atoms with Crippen molar-refractivity contribution >= 4 is 51.4 Å². The first-order valence-electron chi connectivity index (χ1n) is 16.8. The minimum Gasteiger partial charge on any atom is -0.493 e.